The second kappa shape index (κ2) is 13.1. The number of halogens is 4. The highest BCUT2D eigenvalue weighted by Gasteiger charge is 2.15. The second-order valence-electron chi connectivity index (χ2n) is 7.53. The van der Waals surface area contributed by atoms with Crippen LogP contribution in [0.25, 0.3) is 0 Å². The number of hydrogen-bond donors (Lipinski definition) is 1. The molecule has 3 aromatic rings. The molecule has 0 aliphatic carbocycles. The van der Waals surface area contributed by atoms with Gasteiger partial charge in [0.15, 0.2) is 11.6 Å². The second-order valence-corrected chi connectivity index (χ2v) is 7.53. The van der Waals surface area contributed by atoms with Gasteiger partial charge in [0, 0.05) is 6.07 Å². The number of amides is 1. The van der Waals surface area contributed by atoms with Gasteiger partial charge >= 0.3 is 0 Å². The molecule has 1 aliphatic rings. The fraction of sp³-hybridized carbons (Fsp3) is 0.250. The Balaban J connectivity index is 0.00000204. The first-order valence-electron chi connectivity index (χ1n) is 10.4. The Hall–Kier alpha value is -2.94. The molecule has 2 heterocycles. The average Bonchev–Trinajstić information content (AvgIpc) is 3.30. The highest BCUT2D eigenvalue weighted by molar-refractivity contribution is 5.92. The van der Waals surface area contributed by atoms with E-state index in [4.69, 9.17) is 9.47 Å². The summed E-state index contributed by atoms with van der Waals surface area (Å²) in [5.41, 5.74) is 1.14. The summed E-state index contributed by atoms with van der Waals surface area (Å²) < 4.78 is 37.5. The van der Waals surface area contributed by atoms with Crippen molar-refractivity contribution in [1.82, 2.24) is 9.88 Å². The highest BCUT2D eigenvalue weighted by Crippen LogP contribution is 2.24. The van der Waals surface area contributed by atoms with E-state index in [9.17, 15) is 13.6 Å². The first-order chi connectivity index (χ1) is 15.5. The summed E-state index contributed by atoms with van der Waals surface area (Å²) in [7, 11) is 0. The fourth-order valence-corrected chi connectivity index (χ4v) is 3.38. The molecule has 0 atom stereocenters. The van der Waals surface area contributed by atoms with Gasteiger partial charge in [0.2, 0.25) is 11.8 Å². The first-order valence-corrected chi connectivity index (χ1v) is 10.4. The van der Waals surface area contributed by atoms with Crippen molar-refractivity contribution in [2.45, 2.75) is 19.4 Å². The number of aromatic nitrogens is 1. The van der Waals surface area contributed by atoms with Crippen LogP contribution in [0.5, 0.6) is 17.4 Å². The Morgan fingerprint density at radius 2 is 1.65 bits per heavy atom. The standard InChI is InChI=1S/C24H23F2N3O3.2ClH/c25-21-9-3-17(13-22(21)26)16-31-19-5-7-20(8-6-19)32-24-10-4-18(14-27-24)28-23(30)15-29-11-1-2-12-29;;/h3-10,13-14H,1-2,11-12,15-16H2,(H,28,30);2*1H. The van der Waals surface area contributed by atoms with E-state index in [2.05, 4.69) is 15.2 Å². The number of ether oxygens (including phenoxy) is 2. The van der Waals surface area contributed by atoms with Crippen LogP contribution in [-0.4, -0.2) is 35.4 Å². The molecule has 6 nitrogen and oxygen atoms in total. The SMILES string of the molecule is Cl.Cl.O=C(CN1CCCC1)Nc1ccc(Oc2ccc(OCc3ccc(F)c(F)c3)cc2)nc1. The third-order valence-electron chi connectivity index (χ3n) is 5.02. The summed E-state index contributed by atoms with van der Waals surface area (Å²) in [6.07, 6.45) is 3.83. The van der Waals surface area contributed by atoms with Crippen LogP contribution in [0.4, 0.5) is 14.5 Å². The summed E-state index contributed by atoms with van der Waals surface area (Å²) >= 11 is 0. The predicted molar refractivity (Wildman–Crippen MR) is 130 cm³/mol. The lowest BCUT2D eigenvalue weighted by Gasteiger charge is -2.14. The van der Waals surface area contributed by atoms with Crippen molar-refractivity contribution in [1.29, 1.82) is 0 Å². The van der Waals surface area contributed by atoms with E-state index in [0.717, 1.165) is 38.1 Å². The van der Waals surface area contributed by atoms with Crippen molar-refractivity contribution in [3.05, 3.63) is 78.0 Å². The molecule has 1 N–H and O–H groups in total. The Morgan fingerprint density at radius 3 is 2.29 bits per heavy atom. The molecule has 10 heteroatoms. The van der Waals surface area contributed by atoms with Crippen LogP contribution in [-0.2, 0) is 11.4 Å². The van der Waals surface area contributed by atoms with E-state index < -0.39 is 11.6 Å². The van der Waals surface area contributed by atoms with E-state index in [0.29, 0.717) is 35.2 Å². The molecule has 0 saturated carbocycles. The summed E-state index contributed by atoms with van der Waals surface area (Å²) in [6, 6.07) is 13.9. The smallest absolute Gasteiger partial charge is 0.238 e. The minimum atomic E-state index is -0.903. The Bertz CT molecular complexity index is 1060. The van der Waals surface area contributed by atoms with Crippen molar-refractivity contribution in [2.24, 2.45) is 0 Å². The van der Waals surface area contributed by atoms with Gasteiger partial charge in [-0.3, -0.25) is 9.69 Å². The van der Waals surface area contributed by atoms with Crippen molar-refractivity contribution >= 4 is 36.4 Å². The van der Waals surface area contributed by atoms with Gasteiger partial charge in [-0.1, -0.05) is 6.07 Å². The van der Waals surface area contributed by atoms with E-state index in [1.807, 2.05) is 0 Å². The zero-order valence-corrected chi connectivity index (χ0v) is 19.8. The lowest BCUT2D eigenvalue weighted by Crippen LogP contribution is -2.30. The fourth-order valence-electron chi connectivity index (χ4n) is 3.38. The zero-order chi connectivity index (χ0) is 22.3. The molecule has 1 saturated heterocycles. The van der Waals surface area contributed by atoms with Gasteiger partial charge in [0.1, 0.15) is 18.1 Å². The Kier molecular flexibility index (Phi) is 10.5. The number of hydrogen-bond acceptors (Lipinski definition) is 5. The molecule has 1 amide bonds. The molecule has 0 bridgehead atoms. The lowest BCUT2D eigenvalue weighted by molar-refractivity contribution is -0.117. The number of anilines is 1. The first kappa shape index (κ1) is 27.3. The molecule has 34 heavy (non-hydrogen) atoms. The molecular formula is C24H25Cl2F2N3O3. The third-order valence-corrected chi connectivity index (χ3v) is 5.02. The number of carbonyl (C=O) groups is 1. The van der Waals surface area contributed by atoms with E-state index in [1.165, 1.54) is 6.07 Å². The van der Waals surface area contributed by atoms with Crippen LogP contribution in [0.15, 0.2) is 60.8 Å². The quantitative estimate of drug-likeness (QED) is 0.425. The molecule has 0 spiro atoms. The van der Waals surface area contributed by atoms with Crippen LogP contribution >= 0.6 is 24.8 Å². The van der Waals surface area contributed by atoms with Crippen molar-refractivity contribution in [3.63, 3.8) is 0 Å². The average molecular weight is 512 g/mol. The van der Waals surface area contributed by atoms with Crippen molar-refractivity contribution in [2.75, 3.05) is 25.0 Å². The van der Waals surface area contributed by atoms with E-state index >= 15 is 0 Å². The summed E-state index contributed by atoms with van der Waals surface area (Å²) in [4.78, 5) is 18.4. The van der Waals surface area contributed by atoms with Gasteiger partial charge < -0.3 is 14.8 Å². The summed E-state index contributed by atoms with van der Waals surface area (Å²) in [5.74, 6) is -0.338. The van der Waals surface area contributed by atoms with Gasteiger partial charge in [-0.25, -0.2) is 13.8 Å². The van der Waals surface area contributed by atoms with E-state index in [-0.39, 0.29) is 37.3 Å². The minimum absolute atomic E-state index is 0. The Morgan fingerprint density at radius 1 is 0.941 bits per heavy atom. The lowest BCUT2D eigenvalue weighted by atomic mass is 10.2. The van der Waals surface area contributed by atoms with Crippen LogP contribution < -0.4 is 14.8 Å². The molecule has 0 unspecified atom stereocenters. The highest BCUT2D eigenvalue weighted by atomic mass is 35.5. The summed E-state index contributed by atoms with van der Waals surface area (Å²) in [5, 5.41) is 2.84. The number of benzene rings is 2. The largest absolute Gasteiger partial charge is 0.489 e. The zero-order valence-electron chi connectivity index (χ0n) is 18.2. The maximum Gasteiger partial charge on any atom is 0.238 e. The topological polar surface area (TPSA) is 63.7 Å². The number of likely N-dealkylation sites (tertiary alicyclic amines) is 1. The molecule has 2 aromatic carbocycles. The maximum atomic E-state index is 13.3. The van der Waals surface area contributed by atoms with Gasteiger partial charge in [0.25, 0.3) is 0 Å². The molecule has 182 valence electrons. The van der Waals surface area contributed by atoms with Crippen LogP contribution in [0.2, 0.25) is 0 Å². The number of rotatable bonds is 8. The molecule has 1 fully saturated rings. The van der Waals surface area contributed by atoms with Crippen LogP contribution in [0.3, 0.4) is 0 Å². The number of pyridine rings is 1. The van der Waals surface area contributed by atoms with Crippen LogP contribution in [0.1, 0.15) is 18.4 Å². The predicted octanol–water partition coefficient (Wildman–Crippen LogP) is 5.61. The Labute approximate surface area is 209 Å². The van der Waals surface area contributed by atoms with Crippen LogP contribution in [0, 0.1) is 11.6 Å². The van der Waals surface area contributed by atoms with Gasteiger partial charge in [-0.05, 0) is 74.0 Å². The van der Waals surface area contributed by atoms with Gasteiger partial charge in [-0.15, -0.1) is 24.8 Å². The molecular weight excluding hydrogens is 487 g/mol. The summed E-state index contributed by atoms with van der Waals surface area (Å²) in [6.45, 7) is 2.44. The molecule has 1 aromatic heterocycles. The number of nitrogens with one attached hydrogen (secondary N) is 1. The molecule has 4 rings (SSSR count). The molecule has 1 aliphatic heterocycles. The van der Waals surface area contributed by atoms with Crippen molar-refractivity contribution in [3.8, 4) is 17.4 Å². The third kappa shape index (κ3) is 7.83. The van der Waals surface area contributed by atoms with Crippen molar-refractivity contribution < 1.29 is 23.0 Å². The van der Waals surface area contributed by atoms with E-state index in [1.54, 1.807) is 42.6 Å². The maximum absolute atomic E-state index is 13.3. The number of nitrogens with zero attached hydrogens (tertiary/aromatic N) is 2. The minimum Gasteiger partial charge on any atom is -0.489 e. The van der Waals surface area contributed by atoms with Gasteiger partial charge in [-0.2, -0.15) is 0 Å². The number of carbonyl (C=O) groups excluding carboxylic acids is 1. The van der Waals surface area contributed by atoms with Gasteiger partial charge in [0.05, 0.1) is 18.4 Å². The monoisotopic (exact) mass is 511 g/mol. The normalized spacial score (nSPS) is 12.9. The molecule has 0 radical (unpaired) electrons.